The number of nitrogens with zero attached hydrogens (tertiary/aromatic N) is 2. The quantitative estimate of drug-likeness (QED) is 0.484. The van der Waals surface area contributed by atoms with Crippen molar-refractivity contribution in [3.05, 3.63) is 55.9 Å². The molecular formula is C13H9BrN2O4. The molecule has 0 saturated heterocycles. The first kappa shape index (κ1) is 13.0. The van der Waals surface area contributed by atoms with E-state index in [0.717, 1.165) is 12.8 Å². The van der Waals surface area contributed by atoms with Gasteiger partial charge in [0.05, 0.1) is 16.7 Å². The van der Waals surface area contributed by atoms with Crippen molar-refractivity contribution in [1.82, 2.24) is 5.16 Å². The largest absolute Gasteiger partial charge is 0.360 e. The average Bonchev–Trinajstić information content (AvgIpc) is 3.15. The Bertz CT molecular complexity index is 706. The van der Waals surface area contributed by atoms with E-state index in [-0.39, 0.29) is 17.2 Å². The van der Waals surface area contributed by atoms with Gasteiger partial charge in [-0.1, -0.05) is 21.1 Å². The Hall–Kier alpha value is -2.02. The molecule has 1 aliphatic carbocycles. The summed E-state index contributed by atoms with van der Waals surface area (Å²) >= 11 is 3.16. The Kier molecular flexibility index (Phi) is 3.13. The van der Waals surface area contributed by atoms with Gasteiger partial charge in [0.15, 0.2) is 5.76 Å². The molecule has 1 aromatic heterocycles. The minimum Gasteiger partial charge on any atom is -0.360 e. The smallest absolute Gasteiger partial charge is 0.281 e. The molecule has 2 aromatic rings. The van der Waals surface area contributed by atoms with E-state index in [1.54, 1.807) is 6.07 Å². The molecule has 3 rings (SSSR count). The van der Waals surface area contributed by atoms with E-state index in [1.165, 1.54) is 18.3 Å². The maximum Gasteiger partial charge on any atom is 0.281 e. The highest BCUT2D eigenvalue weighted by Crippen LogP contribution is 2.42. The lowest BCUT2D eigenvalue weighted by Crippen LogP contribution is -2.06. The highest BCUT2D eigenvalue weighted by atomic mass is 79.9. The number of hydrogen-bond donors (Lipinski definition) is 0. The Morgan fingerprint density at radius 2 is 2.15 bits per heavy atom. The van der Waals surface area contributed by atoms with Gasteiger partial charge in [0.1, 0.15) is 5.56 Å². The molecule has 1 aliphatic rings. The molecule has 1 aromatic carbocycles. The third kappa shape index (κ3) is 2.24. The van der Waals surface area contributed by atoms with Gasteiger partial charge in [-0.3, -0.25) is 14.9 Å². The zero-order valence-corrected chi connectivity index (χ0v) is 11.8. The van der Waals surface area contributed by atoms with Crippen molar-refractivity contribution < 1.29 is 14.2 Å². The number of rotatable bonds is 4. The highest BCUT2D eigenvalue weighted by Gasteiger charge is 2.34. The van der Waals surface area contributed by atoms with Gasteiger partial charge >= 0.3 is 0 Å². The fourth-order valence-corrected chi connectivity index (χ4v) is 2.40. The maximum absolute atomic E-state index is 12.5. The van der Waals surface area contributed by atoms with Crippen LogP contribution in [0.3, 0.4) is 0 Å². The van der Waals surface area contributed by atoms with Gasteiger partial charge in [0.25, 0.3) is 5.69 Å². The highest BCUT2D eigenvalue weighted by molar-refractivity contribution is 9.10. The van der Waals surface area contributed by atoms with Crippen LogP contribution in [0.25, 0.3) is 0 Å². The molecule has 1 heterocycles. The summed E-state index contributed by atoms with van der Waals surface area (Å²) in [5.74, 6) is 0.325. The van der Waals surface area contributed by atoms with Crippen LogP contribution in [0.1, 0.15) is 40.4 Å². The normalized spacial score (nSPS) is 14.2. The zero-order chi connectivity index (χ0) is 14.3. The number of carbonyl (C=O) groups excluding carboxylic acids is 1. The Balaban J connectivity index is 2.06. The summed E-state index contributed by atoms with van der Waals surface area (Å²) in [6.45, 7) is 0. The number of halogens is 1. The van der Waals surface area contributed by atoms with Gasteiger partial charge in [0, 0.05) is 16.5 Å². The van der Waals surface area contributed by atoms with E-state index in [9.17, 15) is 14.9 Å². The Morgan fingerprint density at radius 3 is 2.80 bits per heavy atom. The lowest BCUT2D eigenvalue weighted by Gasteiger charge is -2.02. The number of nitro benzene ring substituents is 1. The second-order valence-corrected chi connectivity index (χ2v) is 5.54. The summed E-state index contributed by atoms with van der Waals surface area (Å²) in [5.41, 5.74) is 0.133. The number of carbonyl (C=O) groups is 1. The van der Waals surface area contributed by atoms with E-state index in [1.807, 2.05) is 0 Å². The molecule has 0 aliphatic heterocycles. The van der Waals surface area contributed by atoms with E-state index < -0.39 is 10.7 Å². The predicted molar refractivity (Wildman–Crippen MR) is 72.7 cm³/mol. The minimum atomic E-state index is -0.567. The molecule has 20 heavy (non-hydrogen) atoms. The third-order valence-electron chi connectivity index (χ3n) is 3.19. The first-order valence-corrected chi connectivity index (χ1v) is 6.80. The van der Waals surface area contributed by atoms with Crippen LogP contribution in [0.4, 0.5) is 5.69 Å². The van der Waals surface area contributed by atoms with Gasteiger partial charge in [0.2, 0.25) is 5.78 Å². The zero-order valence-electron chi connectivity index (χ0n) is 10.2. The van der Waals surface area contributed by atoms with E-state index in [2.05, 4.69) is 21.1 Å². The third-order valence-corrected chi connectivity index (χ3v) is 3.69. The lowest BCUT2D eigenvalue weighted by molar-refractivity contribution is -0.385. The van der Waals surface area contributed by atoms with Gasteiger partial charge in [-0.15, -0.1) is 0 Å². The summed E-state index contributed by atoms with van der Waals surface area (Å²) in [6.07, 6.45) is 3.25. The van der Waals surface area contributed by atoms with Gasteiger partial charge < -0.3 is 4.52 Å². The molecule has 6 nitrogen and oxygen atoms in total. The molecule has 0 radical (unpaired) electrons. The van der Waals surface area contributed by atoms with Crippen molar-refractivity contribution in [2.45, 2.75) is 18.8 Å². The fourth-order valence-electron chi connectivity index (χ4n) is 2.05. The standard InChI is InChI=1S/C13H9BrN2O4/c14-8-3-4-9(11(5-8)16(18)19)12(17)10-6-15-20-13(10)7-1-2-7/h3-7H,1-2H2. The van der Waals surface area contributed by atoms with Crippen LogP contribution in [0, 0.1) is 10.1 Å². The van der Waals surface area contributed by atoms with Crippen LogP contribution in [0.5, 0.6) is 0 Å². The lowest BCUT2D eigenvalue weighted by atomic mass is 10.0. The molecule has 0 atom stereocenters. The van der Waals surface area contributed by atoms with Crippen LogP contribution < -0.4 is 0 Å². The summed E-state index contributed by atoms with van der Waals surface area (Å²) in [4.78, 5) is 23.0. The number of ketones is 1. The first-order chi connectivity index (χ1) is 9.58. The second-order valence-electron chi connectivity index (χ2n) is 4.63. The van der Waals surface area contributed by atoms with Crippen molar-refractivity contribution in [3.8, 4) is 0 Å². The molecule has 0 spiro atoms. The topological polar surface area (TPSA) is 86.2 Å². The summed E-state index contributed by atoms with van der Waals surface area (Å²) in [5, 5.41) is 14.7. The Morgan fingerprint density at radius 1 is 1.40 bits per heavy atom. The molecule has 1 fully saturated rings. The van der Waals surface area contributed by atoms with Crippen molar-refractivity contribution >= 4 is 27.4 Å². The van der Waals surface area contributed by atoms with Crippen LogP contribution in [-0.2, 0) is 0 Å². The summed E-state index contributed by atoms with van der Waals surface area (Å²) < 4.78 is 5.65. The number of hydrogen-bond acceptors (Lipinski definition) is 5. The van der Waals surface area contributed by atoms with E-state index in [4.69, 9.17) is 4.52 Å². The molecule has 0 N–H and O–H groups in total. The monoisotopic (exact) mass is 336 g/mol. The minimum absolute atomic E-state index is 0.0447. The molecule has 0 unspecified atom stereocenters. The van der Waals surface area contributed by atoms with Crippen molar-refractivity contribution in [3.63, 3.8) is 0 Å². The summed E-state index contributed by atoms with van der Waals surface area (Å²) in [6, 6.07) is 4.36. The van der Waals surface area contributed by atoms with E-state index in [0.29, 0.717) is 15.8 Å². The molecule has 0 bridgehead atoms. The molecule has 7 heteroatoms. The Labute approximate surface area is 122 Å². The second kappa shape index (κ2) is 4.82. The van der Waals surface area contributed by atoms with Crippen LogP contribution >= 0.6 is 15.9 Å². The number of nitro groups is 1. The average molecular weight is 337 g/mol. The van der Waals surface area contributed by atoms with Gasteiger partial charge in [-0.05, 0) is 25.0 Å². The van der Waals surface area contributed by atoms with Crippen molar-refractivity contribution in [2.75, 3.05) is 0 Å². The predicted octanol–water partition coefficient (Wildman–Crippen LogP) is 3.45. The molecule has 102 valence electrons. The fraction of sp³-hybridized carbons (Fsp3) is 0.231. The van der Waals surface area contributed by atoms with Gasteiger partial charge in [-0.2, -0.15) is 0 Å². The number of benzene rings is 1. The maximum atomic E-state index is 12.5. The van der Waals surface area contributed by atoms with Crippen molar-refractivity contribution in [1.29, 1.82) is 0 Å². The first-order valence-electron chi connectivity index (χ1n) is 6.01. The van der Waals surface area contributed by atoms with E-state index >= 15 is 0 Å². The summed E-state index contributed by atoms with van der Waals surface area (Å²) in [7, 11) is 0. The van der Waals surface area contributed by atoms with Crippen molar-refractivity contribution in [2.24, 2.45) is 0 Å². The molecule has 1 saturated carbocycles. The van der Waals surface area contributed by atoms with Gasteiger partial charge in [-0.25, -0.2) is 0 Å². The van der Waals surface area contributed by atoms with Crippen LogP contribution in [0.15, 0.2) is 33.4 Å². The van der Waals surface area contributed by atoms with Crippen LogP contribution in [-0.4, -0.2) is 15.9 Å². The van der Waals surface area contributed by atoms with Crippen LogP contribution in [0.2, 0.25) is 0 Å². The number of aromatic nitrogens is 1. The molecule has 0 amide bonds. The molecular weight excluding hydrogens is 328 g/mol. The SMILES string of the molecule is O=C(c1ccc(Br)cc1[N+](=O)[O-])c1cnoc1C1CC1.